The van der Waals surface area contributed by atoms with Crippen molar-refractivity contribution in [3.05, 3.63) is 0 Å². The van der Waals surface area contributed by atoms with E-state index in [-0.39, 0.29) is 12.5 Å². The molecule has 3 amide bonds. The minimum Gasteiger partial charge on any atom is -0.376 e. The number of urea groups is 1. The van der Waals surface area contributed by atoms with Crippen LogP contribution in [-0.4, -0.2) is 40.3 Å². The van der Waals surface area contributed by atoms with E-state index in [4.69, 9.17) is 0 Å². The lowest BCUT2D eigenvalue weighted by atomic mass is 10.1. The summed E-state index contributed by atoms with van der Waals surface area (Å²) < 4.78 is 2.51. The molecule has 0 radical (unpaired) electrons. The lowest BCUT2D eigenvalue weighted by Crippen LogP contribution is -2.43. The van der Waals surface area contributed by atoms with Gasteiger partial charge in [0.15, 0.2) is 0 Å². The van der Waals surface area contributed by atoms with Crippen LogP contribution in [0.15, 0.2) is 0 Å². The Morgan fingerprint density at radius 1 is 1.64 bits per heavy atom. The van der Waals surface area contributed by atoms with Gasteiger partial charge in [0.25, 0.3) is 5.91 Å². The van der Waals surface area contributed by atoms with Gasteiger partial charge < -0.3 is 10.4 Å². The first-order valence-corrected chi connectivity index (χ1v) is 5.14. The lowest BCUT2D eigenvalue weighted by molar-refractivity contribution is -0.131. The van der Waals surface area contributed by atoms with Crippen LogP contribution in [-0.2, 0) is 4.79 Å². The second-order valence-corrected chi connectivity index (χ2v) is 4.22. The third kappa shape index (κ3) is 2.15. The van der Waals surface area contributed by atoms with Crippen LogP contribution in [0.3, 0.4) is 0 Å². The Hall–Kier alpha value is -0.410. The molecule has 3 N–H and O–H groups in total. The number of β-amino-alcohol motifs (C(OH)–C–C–N with tert-alkyl or cyclic N) is 1. The van der Waals surface area contributed by atoms with Gasteiger partial charge in [-0.1, -0.05) is 0 Å². The van der Waals surface area contributed by atoms with Crippen LogP contribution < -0.4 is 8.85 Å². The first-order chi connectivity index (χ1) is 6.38. The standard InChI is InChI=1S/C7H12IN3O3/c1-7(2)5(13)11(6(14)9-7)3-4(12)10-8/h4,10,12H,3H2,1-2H3,(H,9,14). The highest BCUT2D eigenvalue weighted by molar-refractivity contribution is 14.1. The molecule has 6 nitrogen and oxygen atoms in total. The molecule has 1 rings (SSSR count). The van der Waals surface area contributed by atoms with Crippen molar-refractivity contribution >= 4 is 34.8 Å². The van der Waals surface area contributed by atoms with E-state index in [9.17, 15) is 14.7 Å². The third-order valence-electron chi connectivity index (χ3n) is 1.93. The van der Waals surface area contributed by atoms with Crippen LogP contribution in [0.5, 0.6) is 0 Å². The number of imide groups is 1. The molecular formula is C7H12IN3O3. The van der Waals surface area contributed by atoms with Crippen LogP contribution in [0.1, 0.15) is 13.8 Å². The normalized spacial score (nSPS) is 22.4. The number of hydrogen-bond acceptors (Lipinski definition) is 4. The van der Waals surface area contributed by atoms with Gasteiger partial charge >= 0.3 is 6.03 Å². The number of nitrogens with one attached hydrogen (secondary N) is 2. The number of aliphatic hydroxyl groups is 1. The van der Waals surface area contributed by atoms with Crippen molar-refractivity contribution < 1.29 is 14.7 Å². The summed E-state index contributed by atoms with van der Waals surface area (Å²) in [6.07, 6.45) is -0.904. The average molecular weight is 313 g/mol. The largest absolute Gasteiger partial charge is 0.376 e. The summed E-state index contributed by atoms with van der Waals surface area (Å²) in [6, 6.07) is -0.467. The summed E-state index contributed by atoms with van der Waals surface area (Å²) in [5, 5.41) is 11.8. The van der Waals surface area contributed by atoms with Crippen LogP contribution in [0.4, 0.5) is 4.79 Å². The molecular weight excluding hydrogens is 301 g/mol. The zero-order valence-corrected chi connectivity index (χ0v) is 10.0. The van der Waals surface area contributed by atoms with Crippen molar-refractivity contribution in [2.24, 2.45) is 0 Å². The molecule has 0 spiro atoms. The van der Waals surface area contributed by atoms with Gasteiger partial charge in [0.1, 0.15) is 11.8 Å². The molecule has 1 fully saturated rings. The Bertz CT molecular complexity index is 269. The maximum absolute atomic E-state index is 11.6. The number of aliphatic hydroxyl groups excluding tert-OH is 1. The fraction of sp³-hybridized carbons (Fsp3) is 0.714. The van der Waals surface area contributed by atoms with Crippen molar-refractivity contribution in [2.45, 2.75) is 25.6 Å². The topological polar surface area (TPSA) is 81.7 Å². The molecule has 0 bridgehead atoms. The van der Waals surface area contributed by atoms with Gasteiger partial charge in [-0.15, -0.1) is 0 Å². The second kappa shape index (κ2) is 3.99. The molecule has 0 saturated carbocycles. The van der Waals surface area contributed by atoms with Crippen molar-refractivity contribution in [1.29, 1.82) is 0 Å². The van der Waals surface area contributed by atoms with Gasteiger partial charge in [0.2, 0.25) is 0 Å². The monoisotopic (exact) mass is 313 g/mol. The van der Waals surface area contributed by atoms with E-state index in [0.29, 0.717) is 0 Å². The van der Waals surface area contributed by atoms with Crippen molar-refractivity contribution in [1.82, 2.24) is 13.7 Å². The van der Waals surface area contributed by atoms with Crippen molar-refractivity contribution in [2.75, 3.05) is 6.54 Å². The predicted octanol–water partition coefficient (Wildman–Crippen LogP) is -0.425. The third-order valence-corrected chi connectivity index (χ3v) is 2.64. The molecule has 0 aromatic carbocycles. The second-order valence-electron chi connectivity index (χ2n) is 3.60. The molecule has 0 aliphatic carbocycles. The van der Waals surface area contributed by atoms with E-state index < -0.39 is 17.8 Å². The van der Waals surface area contributed by atoms with E-state index in [1.54, 1.807) is 36.7 Å². The minimum absolute atomic E-state index is 0.0446. The molecule has 1 unspecified atom stereocenters. The summed E-state index contributed by atoms with van der Waals surface area (Å²) in [7, 11) is 0. The van der Waals surface area contributed by atoms with E-state index >= 15 is 0 Å². The number of rotatable bonds is 3. The maximum Gasteiger partial charge on any atom is 0.325 e. The highest BCUT2D eigenvalue weighted by Gasteiger charge is 2.44. The summed E-state index contributed by atoms with van der Waals surface area (Å²) in [4.78, 5) is 23.9. The SMILES string of the molecule is CC1(C)NC(=O)N(CC(O)NI)C1=O. The summed E-state index contributed by atoms with van der Waals surface area (Å²) >= 11 is 1.75. The average Bonchev–Trinajstić information content (AvgIpc) is 2.28. The van der Waals surface area contributed by atoms with Gasteiger partial charge in [-0.05, 0) is 13.8 Å². The van der Waals surface area contributed by atoms with Gasteiger partial charge in [0, 0.05) is 22.9 Å². The fourth-order valence-electron chi connectivity index (χ4n) is 1.19. The number of hydrogen-bond donors (Lipinski definition) is 3. The molecule has 7 heteroatoms. The molecule has 1 atom stereocenters. The highest BCUT2D eigenvalue weighted by atomic mass is 127. The summed E-state index contributed by atoms with van der Waals surface area (Å²) in [5.41, 5.74) is -0.873. The smallest absolute Gasteiger partial charge is 0.325 e. The van der Waals surface area contributed by atoms with E-state index in [1.807, 2.05) is 0 Å². The number of amides is 3. The Labute approximate surface area is 95.5 Å². The van der Waals surface area contributed by atoms with E-state index in [1.165, 1.54) is 0 Å². The Balaban J connectivity index is 2.71. The van der Waals surface area contributed by atoms with Gasteiger partial charge in [0.05, 0.1) is 6.54 Å². The van der Waals surface area contributed by atoms with Gasteiger partial charge in [-0.2, -0.15) is 0 Å². The number of nitrogens with zero attached hydrogens (tertiary/aromatic N) is 1. The van der Waals surface area contributed by atoms with Crippen molar-refractivity contribution in [3.8, 4) is 0 Å². The lowest BCUT2D eigenvalue weighted by Gasteiger charge is -2.17. The molecule has 80 valence electrons. The van der Waals surface area contributed by atoms with Gasteiger partial charge in [-0.3, -0.25) is 9.69 Å². The maximum atomic E-state index is 11.6. The Morgan fingerprint density at radius 3 is 2.57 bits per heavy atom. The van der Waals surface area contributed by atoms with Crippen LogP contribution in [0, 0.1) is 0 Å². The molecule has 1 saturated heterocycles. The zero-order chi connectivity index (χ0) is 10.9. The molecule has 0 aromatic heterocycles. The number of carbonyl (C=O) groups excluding carboxylic acids is 2. The number of halogens is 1. The predicted molar refractivity (Wildman–Crippen MR) is 57.5 cm³/mol. The van der Waals surface area contributed by atoms with Crippen molar-refractivity contribution in [3.63, 3.8) is 0 Å². The fourth-order valence-corrected chi connectivity index (χ4v) is 1.39. The van der Waals surface area contributed by atoms with Gasteiger partial charge in [-0.25, -0.2) is 8.32 Å². The first-order valence-electron chi connectivity index (χ1n) is 4.07. The van der Waals surface area contributed by atoms with E-state index in [0.717, 1.165) is 4.90 Å². The summed E-state index contributed by atoms with van der Waals surface area (Å²) in [6.45, 7) is 3.20. The van der Waals surface area contributed by atoms with Crippen LogP contribution in [0.25, 0.3) is 0 Å². The molecule has 14 heavy (non-hydrogen) atoms. The summed E-state index contributed by atoms with van der Waals surface area (Å²) in [5.74, 6) is -0.326. The minimum atomic E-state index is -0.904. The Morgan fingerprint density at radius 2 is 2.21 bits per heavy atom. The first kappa shape index (κ1) is 11.7. The molecule has 1 heterocycles. The Kier molecular flexibility index (Phi) is 3.32. The molecule has 1 aliphatic rings. The van der Waals surface area contributed by atoms with E-state index in [2.05, 4.69) is 8.85 Å². The quantitative estimate of drug-likeness (QED) is 0.286. The number of carbonyl (C=O) groups is 2. The van der Waals surface area contributed by atoms with Crippen LogP contribution >= 0.6 is 22.9 Å². The molecule has 1 aliphatic heterocycles. The zero-order valence-electron chi connectivity index (χ0n) is 7.87. The molecule has 0 aromatic rings. The van der Waals surface area contributed by atoms with Crippen LogP contribution in [0.2, 0.25) is 0 Å². The highest BCUT2D eigenvalue weighted by Crippen LogP contribution is 2.16.